The van der Waals surface area contributed by atoms with Crippen LogP contribution in [0, 0.1) is 0 Å². The second-order valence-corrected chi connectivity index (χ2v) is 2.41. The third kappa shape index (κ3) is 1.27. The minimum atomic E-state index is 1.05. The first-order chi connectivity index (χ1) is 5.97. The van der Waals surface area contributed by atoms with E-state index in [0.29, 0.717) is 0 Å². The smallest absolute Gasteiger partial charge is 0.0815 e. The summed E-state index contributed by atoms with van der Waals surface area (Å²) in [6, 6.07) is 0. The van der Waals surface area contributed by atoms with Gasteiger partial charge >= 0.3 is 0 Å². The Morgan fingerprint density at radius 2 is 2.00 bits per heavy atom. The molecule has 0 amide bonds. The molecule has 3 N–H and O–H groups in total. The second-order valence-electron chi connectivity index (χ2n) is 2.41. The fourth-order valence-corrected chi connectivity index (χ4v) is 1.01. The number of nitrogens with zero attached hydrogens (tertiary/aromatic N) is 1. The lowest BCUT2D eigenvalue weighted by atomic mass is 10.3. The van der Waals surface area contributed by atoms with Crippen LogP contribution in [0.15, 0.2) is 30.5 Å². The van der Waals surface area contributed by atoms with Crippen LogP contribution >= 0.6 is 0 Å². The van der Waals surface area contributed by atoms with Gasteiger partial charge in [0.05, 0.1) is 5.69 Å². The molecule has 4 nitrogen and oxygen atoms in total. The molecule has 62 valence electrons. The Labute approximate surface area is 69.5 Å². The Morgan fingerprint density at radius 1 is 1.08 bits per heavy atom. The zero-order valence-electron chi connectivity index (χ0n) is 6.49. The summed E-state index contributed by atoms with van der Waals surface area (Å²) in [6.45, 7) is 0. The number of hydrogen-bond donors (Lipinski definition) is 3. The highest BCUT2D eigenvalue weighted by atomic mass is 15.5. The molecule has 4 heteroatoms. The van der Waals surface area contributed by atoms with Gasteiger partial charge in [-0.05, 0) is 12.2 Å². The SMILES string of the molecule is C1=CC=Cn2[nH][nH][nH]cc2C=C1. The first-order valence-electron chi connectivity index (χ1n) is 3.74. The summed E-state index contributed by atoms with van der Waals surface area (Å²) in [6.07, 6.45) is 13.7. The molecule has 0 fully saturated rings. The Kier molecular flexibility index (Phi) is 1.74. The van der Waals surface area contributed by atoms with Gasteiger partial charge in [-0.1, -0.05) is 18.2 Å². The zero-order chi connectivity index (χ0) is 8.23. The molecule has 1 aromatic heterocycles. The van der Waals surface area contributed by atoms with Gasteiger partial charge in [0.15, 0.2) is 0 Å². The molecule has 0 aromatic carbocycles. The molecule has 2 rings (SSSR count). The molecule has 0 atom stereocenters. The molecule has 0 saturated carbocycles. The maximum atomic E-state index is 2.92. The lowest BCUT2D eigenvalue weighted by molar-refractivity contribution is 0.692. The van der Waals surface area contributed by atoms with Gasteiger partial charge in [-0.25, -0.2) is 15.1 Å². The molecule has 0 unspecified atom stereocenters. The maximum Gasteiger partial charge on any atom is 0.0815 e. The fraction of sp³-hybridized carbons (Fsp3) is 0. The summed E-state index contributed by atoms with van der Waals surface area (Å²) < 4.78 is 1.87. The fourth-order valence-electron chi connectivity index (χ4n) is 1.01. The summed E-state index contributed by atoms with van der Waals surface area (Å²) >= 11 is 0. The van der Waals surface area contributed by atoms with E-state index >= 15 is 0 Å². The van der Waals surface area contributed by atoms with Gasteiger partial charge in [0.1, 0.15) is 0 Å². The van der Waals surface area contributed by atoms with E-state index in [1.807, 2.05) is 47.5 Å². The van der Waals surface area contributed by atoms with Crippen molar-refractivity contribution in [1.82, 2.24) is 20.2 Å². The molecule has 1 aromatic rings. The van der Waals surface area contributed by atoms with Gasteiger partial charge in [-0.3, -0.25) is 5.10 Å². The van der Waals surface area contributed by atoms with E-state index in [1.165, 1.54) is 0 Å². The van der Waals surface area contributed by atoms with Gasteiger partial charge in [-0.15, -0.1) is 0 Å². The maximum absolute atomic E-state index is 2.92. The van der Waals surface area contributed by atoms with Gasteiger partial charge < -0.3 is 0 Å². The van der Waals surface area contributed by atoms with Gasteiger partial charge in [-0.2, -0.15) is 0 Å². The first kappa shape index (κ1) is 6.84. The molecule has 1 aliphatic heterocycles. The molecule has 12 heavy (non-hydrogen) atoms. The number of aromatic nitrogens is 4. The van der Waals surface area contributed by atoms with Crippen molar-refractivity contribution in [3.8, 4) is 0 Å². The second kappa shape index (κ2) is 3.04. The van der Waals surface area contributed by atoms with Crippen molar-refractivity contribution in [1.29, 1.82) is 0 Å². The molecule has 1 aliphatic rings. The topological polar surface area (TPSA) is 52.3 Å². The molecular weight excluding hydrogens is 152 g/mol. The van der Waals surface area contributed by atoms with Crippen molar-refractivity contribution in [3.05, 3.63) is 36.2 Å². The van der Waals surface area contributed by atoms with Crippen molar-refractivity contribution in [2.24, 2.45) is 0 Å². The van der Waals surface area contributed by atoms with E-state index in [1.54, 1.807) is 0 Å². The lowest BCUT2D eigenvalue weighted by Gasteiger charge is -2.05. The third-order valence-corrected chi connectivity index (χ3v) is 1.58. The van der Waals surface area contributed by atoms with Crippen LogP contribution in [0.5, 0.6) is 0 Å². The summed E-state index contributed by atoms with van der Waals surface area (Å²) in [5.41, 5.74) is 1.05. The van der Waals surface area contributed by atoms with Crippen molar-refractivity contribution in [2.75, 3.05) is 0 Å². The number of H-pyrrole nitrogens is 3. The van der Waals surface area contributed by atoms with Crippen LogP contribution < -0.4 is 0 Å². The van der Waals surface area contributed by atoms with Gasteiger partial charge in [0.2, 0.25) is 0 Å². The van der Waals surface area contributed by atoms with E-state index in [2.05, 4.69) is 15.5 Å². The van der Waals surface area contributed by atoms with Crippen molar-refractivity contribution >= 4 is 12.3 Å². The van der Waals surface area contributed by atoms with Crippen molar-refractivity contribution in [3.63, 3.8) is 0 Å². The summed E-state index contributed by atoms with van der Waals surface area (Å²) in [4.78, 5) is 0. The van der Waals surface area contributed by atoms with Crippen molar-refractivity contribution in [2.45, 2.75) is 0 Å². The number of allylic oxidation sites excluding steroid dienone is 4. The van der Waals surface area contributed by atoms with Gasteiger partial charge in [0.25, 0.3) is 0 Å². The van der Waals surface area contributed by atoms with Crippen LogP contribution in [0.25, 0.3) is 12.3 Å². The van der Waals surface area contributed by atoms with E-state index in [4.69, 9.17) is 0 Å². The van der Waals surface area contributed by atoms with Crippen LogP contribution in [-0.2, 0) is 0 Å². The van der Waals surface area contributed by atoms with E-state index in [0.717, 1.165) is 5.69 Å². The largest absolute Gasteiger partial charge is 0.291 e. The molecule has 0 aliphatic carbocycles. The number of fused-ring (bicyclic) bond motifs is 1. The van der Waals surface area contributed by atoms with Crippen LogP contribution in [0.1, 0.15) is 5.69 Å². The molecule has 0 bridgehead atoms. The number of nitrogens with one attached hydrogen (secondary N) is 3. The van der Waals surface area contributed by atoms with Gasteiger partial charge in [0, 0.05) is 12.4 Å². The predicted molar refractivity (Wildman–Crippen MR) is 48.6 cm³/mol. The van der Waals surface area contributed by atoms with E-state index in [9.17, 15) is 0 Å². The van der Waals surface area contributed by atoms with Crippen LogP contribution in [-0.4, -0.2) is 20.2 Å². The third-order valence-electron chi connectivity index (χ3n) is 1.58. The first-order valence-corrected chi connectivity index (χ1v) is 3.74. The lowest BCUT2D eigenvalue weighted by Crippen LogP contribution is -2.04. The van der Waals surface area contributed by atoms with E-state index < -0.39 is 0 Å². The monoisotopic (exact) mass is 162 g/mol. The minimum Gasteiger partial charge on any atom is -0.291 e. The summed E-state index contributed by atoms with van der Waals surface area (Å²) in [5, 5.41) is 8.55. The average Bonchev–Trinajstić information content (AvgIpc) is 2.06. The quantitative estimate of drug-likeness (QED) is 0.519. The Hall–Kier alpha value is -1.84. The molecular formula is C8H10N4. The highest BCUT2D eigenvalue weighted by molar-refractivity contribution is 5.50. The predicted octanol–water partition coefficient (Wildman–Crippen LogP) is 1.65. The van der Waals surface area contributed by atoms with Crippen LogP contribution in [0.2, 0.25) is 0 Å². The standard InChI is InChI=1S/C8H10N4/c1-2-4-6-12-8(5-3-1)7-9-10-11-12/h1-7,9-11H. The van der Waals surface area contributed by atoms with E-state index in [-0.39, 0.29) is 0 Å². The molecule has 0 saturated heterocycles. The minimum absolute atomic E-state index is 1.05. The Balaban J connectivity index is 2.54. The molecule has 0 spiro atoms. The average molecular weight is 162 g/mol. The molecule has 2 heterocycles. The normalized spacial score (nSPS) is 13.7. The highest BCUT2D eigenvalue weighted by Gasteiger charge is 1.90. The summed E-state index contributed by atoms with van der Waals surface area (Å²) in [5.74, 6) is 0. The molecule has 0 radical (unpaired) electrons. The zero-order valence-corrected chi connectivity index (χ0v) is 6.49. The number of rotatable bonds is 0. The number of aromatic amines is 3. The number of hydrogen-bond acceptors (Lipinski definition) is 0. The highest BCUT2D eigenvalue weighted by Crippen LogP contribution is 2.01. The Bertz CT molecular complexity index is 330. The van der Waals surface area contributed by atoms with Crippen LogP contribution in [0.4, 0.5) is 0 Å². The van der Waals surface area contributed by atoms with Crippen LogP contribution in [0.3, 0.4) is 0 Å². The summed E-state index contributed by atoms with van der Waals surface area (Å²) in [7, 11) is 0. The Morgan fingerprint density at radius 3 is 3.00 bits per heavy atom. The van der Waals surface area contributed by atoms with Crippen molar-refractivity contribution < 1.29 is 0 Å².